The van der Waals surface area contributed by atoms with Crippen molar-refractivity contribution in [2.45, 2.75) is 19.9 Å². The zero-order valence-electron chi connectivity index (χ0n) is 15.9. The fraction of sp³-hybridized carbons (Fsp3) is 0.130. The van der Waals surface area contributed by atoms with Crippen molar-refractivity contribution in [2.75, 3.05) is 4.90 Å². The summed E-state index contributed by atoms with van der Waals surface area (Å²) in [6.45, 7) is 3.80. The summed E-state index contributed by atoms with van der Waals surface area (Å²) >= 11 is 1.26. The van der Waals surface area contributed by atoms with Gasteiger partial charge in [-0.05, 0) is 60.2 Å². The molecule has 3 aromatic rings. The van der Waals surface area contributed by atoms with Gasteiger partial charge in [0.25, 0.3) is 5.91 Å². The molecule has 2 N–H and O–H groups in total. The van der Waals surface area contributed by atoms with E-state index in [0.717, 1.165) is 11.1 Å². The van der Waals surface area contributed by atoms with Gasteiger partial charge in [-0.3, -0.25) is 14.5 Å². The summed E-state index contributed by atoms with van der Waals surface area (Å²) in [7, 11) is 0. The standard InChI is InChI=1S/C23H19NO4S/c1-13-5-6-14(2)17(12-13)24-20(15-7-9-16(25)10-8-15)19(22(27)23(24)28)21(26)18-4-3-11-29-18/h3-12,20,25,27H,1-2H3. The lowest BCUT2D eigenvalue weighted by Crippen LogP contribution is -2.31. The number of carbonyl (C=O) groups is 2. The van der Waals surface area contributed by atoms with Crippen molar-refractivity contribution in [1.29, 1.82) is 0 Å². The smallest absolute Gasteiger partial charge is 0.294 e. The van der Waals surface area contributed by atoms with Crippen LogP contribution in [-0.4, -0.2) is 21.9 Å². The van der Waals surface area contributed by atoms with Crippen molar-refractivity contribution in [3.8, 4) is 5.75 Å². The Bertz CT molecular complexity index is 1130. The van der Waals surface area contributed by atoms with Crippen LogP contribution in [0.25, 0.3) is 0 Å². The molecule has 1 aliphatic heterocycles. The van der Waals surface area contributed by atoms with E-state index in [4.69, 9.17) is 0 Å². The molecule has 1 amide bonds. The van der Waals surface area contributed by atoms with Crippen LogP contribution in [-0.2, 0) is 4.79 Å². The zero-order chi connectivity index (χ0) is 20.7. The topological polar surface area (TPSA) is 77.8 Å². The van der Waals surface area contributed by atoms with E-state index in [9.17, 15) is 19.8 Å². The number of rotatable bonds is 4. The largest absolute Gasteiger partial charge is 0.508 e. The van der Waals surface area contributed by atoms with Crippen LogP contribution in [0.3, 0.4) is 0 Å². The average molecular weight is 405 g/mol. The van der Waals surface area contributed by atoms with Gasteiger partial charge in [0.1, 0.15) is 5.75 Å². The lowest BCUT2D eigenvalue weighted by molar-refractivity contribution is -0.117. The Morgan fingerprint density at radius 2 is 1.76 bits per heavy atom. The molecule has 1 aromatic heterocycles. The molecule has 0 fully saturated rings. The number of thiophene rings is 1. The summed E-state index contributed by atoms with van der Waals surface area (Å²) in [6.07, 6.45) is 0. The van der Waals surface area contributed by atoms with E-state index >= 15 is 0 Å². The average Bonchev–Trinajstić information content (AvgIpc) is 3.32. The highest BCUT2D eigenvalue weighted by atomic mass is 32.1. The first kappa shape index (κ1) is 19.0. The van der Waals surface area contributed by atoms with Gasteiger partial charge in [-0.15, -0.1) is 11.3 Å². The number of hydrogen-bond donors (Lipinski definition) is 2. The Hall–Kier alpha value is -3.38. The molecular weight excluding hydrogens is 386 g/mol. The van der Waals surface area contributed by atoms with Gasteiger partial charge in [-0.1, -0.05) is 30.3 Å². The molecule has 0 radical (unpaired) electrons. The molecule has 0 bridgehead atoms. The predicted molar refractivity (Wildman–Crippen MR) is 113 cm³/mol. The highest BCUT2D eigenvalue weighted by Crippen LogP contribution is 2.43. The number of ketones is 1. The van der Waals surface area contributed by atoms with E-state index in [1.807, 2.05) is 32.0 Å². The molecular formula is C23H19NO4S. The lowest BCUT2D eigenvalue weighted by Gasteiger charge is -2.28. The molecule has 1 atom stereocenters. The molecule has 4 rings (SSSR count). The Labute approximate surface area is 172 Å². The number of Topliss-reactive ketones (excluding diaryl/α,β-unsaturated/α-hetero) is 1. The molecule has 29 heavy (non-hydrogen) atoms. The summed E-state index contributed by atoms with van der Waals surface area (Å²) in [5.74, 6) is -1.45. The number of phenolic OH excluding ortho intramolecular Hbond substituents is 1. The van der Waals surface area contributed by atoms with Gasteiger partial charge in [-0.2, -0.15) is 0 Å². The van der Waals surface area contributed by atoms with Gasteiger partial charge in [0.05, 0.1) is 16.5 Å². The lowest BCUT2D eigenvalue weighted by atomic mass is 9.94. The first-order chi connectivity index (χ1) is 13.9. The minimum atomic E-state index is -0.793. The Kier molecular flexibility index (Phi) is 4.72. The van der Waals surface area contributed by atoms with E-state index in [2.05, 4.69) is 0 Å². The van der Waals surface area contributed by atoms with Crippen LogP contribution < -0.4 is 4.90 Å². The van der Waals surface area contributed by atoms with Crippen molar-refractivity contribution < 1.29 is 19.8 Å². The Balaban J connectivity index is 1.92. The molecule has 0 aliphatic carbocycles. The first-order valence-corrected chi connectivity index (χ1v) is 9.97. The predicted octanol–water partition coefficient (Wildman–Crippen LogP) is 4.85. The number of benzene rings is 2. The van der Waals surface area contributed by atoms with Crippen molar-refractivity contribution in [3.05, 3.63) is 92.9 Å². The van der Waals surface area contributed by atoms with Gasteiger partial charge in [0, 0.05) is 5.69 Å². The summed E-state index contributed by atoms with van der Waals surface area (Å²) < 4.78 is 0. The molecule has 2 aromatic carbocycles. The normalized spacial score (nSPS) is 16.6. The molecule has 1 unspecified atom stereocenters. The van der Waals surface area contributed by atoms with Gasteiger partial charge in [0.15, 0.2) is 5.76 Å². The maximum absolute atomic E-state index is 13.2. The number of aliphatic hydroxyl groups is 1. The van der Waals surface area contributed by atoms with Crippen molar-refractivity contribution in [3.63, 3.8) is 0 Å². The van der Waals surface area contributed by atoms with Crippen LogP contribution in [0.5, 0.6) is 5.75 Å². The van der Waals surface area contributed by atoms with Crippen LogP contribution in [0.15, 0.2) is 71.3 Å². The molecule has 146 valence electrons. The number of anilines is 1. The number of nitrogens with zero attached hydrogens (tertiary/aromatic N) is 1. The molecule has 5 nitrogen and oxygen atoms in total. The van der Waals surface area contributed by atoms with Crippen LogP contribution in [0.2, 0.25) is 0 Å². The third-order valence-corrected chi connectivity index (χ3v) is 5.90. The van der Waals surface area contributed by atoms with Crippen molar-refractivity contribution in [2.24, 2.45) is 0 Å². The number of aliphatic hydroxyl groups excluding tert-OH is 1. The number of phenols is 1. The second-order valence-corrected chi connectivity index (χ2v) is 7.98. The monoisotopic (exact) mass is 405 g/mol. The number of hydrogen-bond acceptors (Lipinski definition) is 5. The van der Waals surface area contributed by atoms with E-state index in [0.29, 0.717) is 16.1 Å². The van der Waals surface area contributed by atoms with Crippen molar-refractivity contribution in [1.82, 2.24) is 0 Å². The number of carbonyl (C=O) groups excluding carboxylic acids is 2. The highest BCUT2D eigenvalue weighted by Gasteiger charge is 2.45. The van der Waals surface area contributed by atoms with E-state index in [1.165, 1.54) is 28.4 Å². The molecule has 1 aliphatic rings. The summed E-state index contributed by atoms with van der Waals surface area (Å²) in [5, 5.41) is 22.2. The number of amides is 1. The summed E-state index contributed by atoms with van der Waals surface area (Å²) in [6, 6.07) is 14.7. The molecule has 0 spiro atoms. The van der Waals surface area contributed by atoms with Gasteiger partial charge in [0.2, 0.25) is 5.78 Å². The van der Waals surface area contributed by atoms with Gasteiger partial charge < -0.3 is 10.2 Å². The second-order valence-electron chi connectivity index (χ2n) is 7.03. The Morgan fingerprint density at radius 3 is 2.41 bits per heavy atom. The first-order valence-electron chi connectivity index (χ1n) is 9.09. The summed E-state index contributed by atoms with van der Waals surface area (Å²) in [5.41, 5.74) is 3.12. The van der Waals surface area contributed by atoms with Crippen LogP contribution in [0.1, 0.15) is 32.4 Å². The maximum Gasteiger partial charge on any atom is 0.294 e. The fourth-order valence-corrected chi connectivity index (χ4v) is 4.26. The van der Waals surface area contributed by atoms with Crippen LogP contribution >= 0.6 is 11.3 Å². The van der Waals surface area contributed by atoms with Gasteiger partial charge >= 0.3 is 0 Å². The quantitative estimate of drug-likeness (QED) is 0.608. The third-order valence-electron chi connectivity index (χ3n) is 5.03. The zero-order valence-corrected chi connectivity index (χ0v) is 16.7. The Morgan fingerprint density at radius 1 is 1.03 bits per heavy atom. The van der Waals surface area contributed by atoms with E-state index in [-0.39, 0.29) is 17.1 Å². The molecule has 0 saturated carbocycles. The number of aromatic hydroxyl groups is 1. The van der Waals surface area contributed by atoms with E-state index < -0.39 is 17.7 Å². The molecule has 2 heterocycles. The third kappa shape index (κ3) is 3.21. The van der Waals surface area contributed by atoms with Crippen molar-refractivity contribution >= 4 is 28.7 Å². The van der Waals surface area contributed by atoms with E-state index in [1.54, 1.807) is 29.6 Å². The fourth-order valence-electron chi connectivity index (χ4n) is 3.58. The minimum absolute atomic E-state index is 0.0454. The SMILES string of the molecule is Cc1ccc(C)c(N2C(=O)C(O)=C(C(=O)c3cccs3)C2c2ccc(O)cc2)c1. The minimum Gasteiger partial charge on any atom is -0.508 e. The highest BCUT2D eigenvalue weighted by molar-refractivity contribution is 7.12. The van der Waals surface area contributed by atoms with Gasteiger partial charge in [-0.25, -0.2) is 0 Å². The summed E-state index contributed by atoms with van der Waals surface area (Å²) in [4.78, 5) is 28.2. The molecule has 0 saturated heterocycles. The molecule has 6 heteroatoms. The maximum atomic E-state index is 13.2. The van der Waals surface area contributed by atoms with Crippen LogP contribution in [0.4, 0.5) is 5.69 Å². The second kappa shape index (κ2) is 7.22. The number of aryl methyl sites for hydroxylation is 2. The van der Waals surface area contributed by atoms with Crippen LogP contribution in [0, 0.1) is 13.8 Å².